The molecule has 7 nitrogen and oxygen atoms in total. The summed E-state index contributed by atoms with van der Waals surface area (Å²) in [7, 11) is 0. The van der Waals surface area contributed by atoms with Gasteiger partial charge < -0.3 is 14.7 Å². The Morgan fingerprint density at radius 2 is 1.81 bits per heavy atom. The number of phenols is 1. The lowest BCUT2D eigenvalue weighted by atomic mass is 9.77. The number of fused-ring (bicyclic) bond motifs is 1. The van der Waals surface area contributed by atoms with E-state index in [1.54, 1.807) is 17.0 Å². The number of aromatic hydroxyl groups is 1. The highest BCUT2D eigenvalue weighted by Crippen LogP contribution is 2.45. The normalized spacial score (nSPS) is 21.2. The molecule has 1 aliphatic carbocycles. The molecule has 1 spiro atoms. The van der Waals surface area contributed by atoms with Gasteiger partial charge in [0.25, 0.3) is 11.9 Å². The molecule has 0 unspecified atom stereocenters. The molecule has 1 heterocycles. The van der Waals surface area contributed by atoms with Crippen LogP contribution >= 0.6 is 0 Å². The third-order valence-electron chi connectivity index (χ3n) is 6.95. The van der Waals surface area contributed by atoms with Crippen LogP contribution in [0.3, 0.4) is 0 Å². The SMILES string of the molecule is CCN(CC)C(=O)c1ccc(C2=CC3(CCC([N+](=O)OC(C)(C)C)CC3)Oc3ccccc32)cc1O. The van der Waals surface area contributed by atoms with E-state index in [0.29, 0.717) is 44.3 Å². The van der Waals surface area contributed by atoms with Crippen LogP contribution in [0.2, 0.25) is 0 Å². The van der Waals surface area contributed by atoms with Crippen LogP contribution in [0.1, 0.15) is 81.8 Å². The second-order valence-electron chi connectivity index (χ2n) is 10.7. The van der Waals surface area contributed by atoms with E-state index < -0.39 is 11.2 Å². The van der Waals surface area contributed by atoms with Gasteiger partial charge in [0.15, 0.2) is 5.60 Å². The van der Waals surface area contributed by atoms with Crippen LogP contribution in [0.25, 0.3) is 5.57 Å². The van der Waals surface area contributed by atoms with Crippen LogP contribution in [0.15, 0.2) is 48.5 Å². The van der Waals surface area contributed by atoms with Crippen molar-refractivity contribution in [3.05, 3.63) is 70.1 Å². The van der Waals surface area contributed by atoms with E-state index in [1.807, 2.05) is 65.0 Å². The summed E-state index contributed by atoms with van der Waals surface area (Å²) >= 11 is 0. The molecule has 2 aromatic rings. The van der Waals surface area contributed by atoms with Crippen molar-refractivity contribution in [3.63, 3.8) is 0 Å². The molecule has 4 rings (SSSR count). The van der Waals surface area contributed by atoms with Crippen LogP contribution in [0.4, 0.5) is 0 Å². The highest BCUT2D eigenvalue weighted by molar-refractivity contribution is 5.98. The van der Waals surface area contributed by atoms with Crippen molar-refractivity contribution in [2.45, 2.75) is 77.5 Å². The summed E-state index contributed by atoms with van der Waals surface area (Å²) in [5.41, 5.74) is 1.93. The molecular weight excluding hydrogens is 456 g/mol. The maximum atomic E-state index is 12.8. The number of hydrogen-bond acceptors (Lipinski definition) is 5. The molecule has 1 aliphatic heterocycles. The Morgan fingerprint density at radius 3 is 2.42 bits per heavy atom. The zero-order valence-electron chi connectivity index (χ0n) is 21.9. The monoisotopic (exact) mass is 493 g/mol. The molecule has 1 N–H and O–H groups in total. The molecular formula is C29H37N2O5+. The standard InChI is InChI=1S/C29H36N2O5/c1-6-30(7-2)27(33)23-13-12-20(18-25(23)32)24-19-29(35-26-11-9-8-10-22(24)26)16-14-21(15-17-29)31(34)36-28(3,4)5/h8-13,18-19,21H,6-7,14-17H2,1-5H3/p+1. The molecule has 7 heteroatoms. The van der Waals surface area contributed by atoms with E-state index >= 15 is 0 Å². The Balaban J connectivity index is 1.64. The minimum Gasteiger partial charge on any atom is -0.507 e. The number of hydrogen-bond donors (Lipinski definition) is 1. The first-order valence-corrected chi connectivity index (χ1v) is 12.9. The fourth-order valence-electron chi connectivity index (χ4n) is 5.06. The van der Waals surface area contributed by atoms with Crippen molar-refractivity contribution in [2.75, 3.05) is 13.1 Å². The quantitative estimate of drug-likeness (QED) is 0.508. The number of phenolic OH excluding ortho intramolecular Hbond substituents is 1. The van der Waals surface area contributed by atoms with Gasteiger partial charge in [-0.3, -0.25) is 4.79 Å². The lowest BCUT2D eigenvalue weighted by molar-refractivity contribution is -0.844. The minimum absolute atomic E-state index is 0.0339. The Bertz CT molecular complexity index is 1170. The Hall–Kier alpha value is -3.35. The zero-order chi connectivity index (χ0) is 26.1. The predicted molar refractivity (Wildman–Crippen MR) is 139 cm³/mol. The first kappa shape index (κ1) is 25.7. The van der Waals surface area contributed by atoms with Crippen molar-refractivity contribution >= 4 is 11.5 Å². The van der Waals surface area contributed by atoms with Gasteiger partial charge in [-0.15, -0.1) is 0 Å². The van der Waals surface area contributed by atoms with Crippen molar-refractivity contribution in [3.8, 4) is 11.5 Å². The molecule has 0 radical (unpaired) electrons. The van der Waals surface area contributed by atoms with E-state index in [4.69, 9.17) is 9.57 Å². The number of ether oxygens (including phenoxy) is 1. The molecule has 2 aromatic carbocycles. The second kappa shape index (κ2) is 9.96. The van der Waals surface area contributed by atoms with E-state index in [9.17, 15) is 14.8 Å². The molecule has 0 bridgehead atoms. The molecule has 1 saturated carbocycles. The predicted octanol–water partition coefficient (Wildman–Crippen LogP) is 5.89. The number of rotatable bonds is 6. The maximum Gasteiger partial charge on any atom is 0.257 e. The highest BCUT2D eigenvalue weighted by Gasteiger charge is 2.45. The van der Waals surface area contributed by atoms with E-state index in [0.717, 1.165) is 27.4 Å². The Labute approximate surface area is 213 Å². The average molecular weight is 494 g/mol. The Morgan fingerprint density at radius 1 is 1.14 bits per heavy atom. The van der Waals surface area contributed by atoms with Gasteiger partial charge in [0, 0.05) is 31.5 Å². The largest absolute Gasteiger partial charge is 0.507 e. The lowest BCUT2D eigenvalue weighted by Gasteiger charge is -2.40. The minimum atomic E-state index is -0.548. The molecule has 1 fully saturated rings. The van der Waals surface area contributed by atoms with Crippen molar-refractivity contribution < 1.29 is 24.4 Å². The summed E-state index contributed by atoms with van der Waals surface area (Å²) in [6, 6.07) is 12.9. The van der Waals surface area contributed by atoms with Crippen LogP contribution in [0, 0.1) is 4.91 Å². The van der Waals surface area contributed by atoms with Crippen molar-refractivity contribution in [2.24, 2.45) is 0 Å². The maximum absolute atomic E-state index is 12.8. The van der Waals surface area contributed by atoms with Gasteiger partial charge >= 0.3 is 0 Å². The van der Waals surface area contributed by atoms with Crippen molar-refractivity contribution in [1.29, 1.82) is 0 Å². The summed E-state index contributed by atoms with van der Waals surface area (Å²) in [4.78, 5) is 33.4. The van der Waals surface area contributed by atoms with Crippen LogP contribution in [-0.2, 0) is 4.84 Å². The number of carbonyl (C=O) groups excluding carboxylic acids is 1. The molecule has 1 amide bonds. The number of benzene rings is 2. The first-order valence-electron chi connectivity index (χ1n) is 12.9. The average Bonchev–Trinajstić information content (AvgIpc) is 2.83. The van der Waals surface area contributed by atoms with E-state index in [1.165, 1.54) is 0 Å². The molecule has 0 atom stereocenters. The van der Waals surface area contributed by atoms with Gasteiger partial charge in [-0.1, -0.05) is 24.3 Å². The summed E-state index contributed by atoms with van der Waals surface area (Å²) in [5.74, 6) is 0.564. The fourth-order valence-corrected chi connectivity index (χ4v) is 5.06. The Kier molecular flexibility index (Phi) is 7.12. The fraction of sp³-hybridized carbons (Fsp3) is 0.483. The van der Waals surface area contributed by atoms with Gasteiger partial charge in [-0.2, -0.15) is 0 Å². The first-order chi connectivity index (χ1) is 17.1. The van der Waals surface area contributed by atoms with Crippen LogP contribution < -0.4 is 4.74 Å². The highest BCUT2D eigenvalue weighted by atomic mass is 16.8. The van der Waals surface area contributed by atoms with Gasteiger partial charge in [0.1, 0.15) is 17.1 Å². The van der Waals surface area contributed by atoms with E-state index in [2.05, 4.69) is 6.08 Å². The van der Waals surface area contributed by atoms with Gasteiger partial charge in [-0.25, -0.2) is 4.84 Å². The molecule has 192 valence electrons. The van der Waals surface area contributed by atoms with Gasteiger partial charge in [-0.05, 0) is 82.9 Å². The molecule has 0 aromatic heterocycles. The molecule has 36 heavy (non-hydrogen) atoms. The molecule has 2 aliphatic rings. The summed E-state index contributed by atoms with van der Waals surface area (Å²) < 4.78 is 6.53. The van der Waals surface area contributed by atoms with E-state index in [-0.39, 0.29) is 17.7 Å². The van der Waals surface area contributed by atoms with Crippen LogP contribution in [-0.4, -0.2) is 51.2 Å². The second-order valence-corrected chi connectivity index (χ2v) is 10.7. The number of para-hydroxylation sites is 1. The number of carbonyl (C=O) groups is 1. The number of nitrogens with zero attached hydrogens (tertiary/aromatic N) is 2. The zero-order valence-corrected chi connectivity index (χ0v) is 21.9. The number of amides is 1. The topological polar surface area (TPSA) is 79.1 Å². The third kappa shape index (κ3) is 5.25. The third-order valence-corrected chi connectivity index (χ3v) is 6.95. The summed E-state index contributed by atoms with van der Waals surface area (Å²) in [6.07, 6.45) is 4.77. The lowest BCUT2D eigenvalue weighted by Crippen LogP contribution is -2.44. The summed E-state index contributed by atoms with van der Waals surface area (Å²) in [6.45, 7) is 10.6. The smallest absolute Gasteiger partial charge is 0.257 e. The van der Waals surface area contributed by atoms with Crippen LogP contribution in [0.5, 0.6) is 11.5 Å². The van der Waals surface area contributed by atoms with Gasteiger partial charge in [0.05, 0.1) is 10.5 Å². The van der Waals surface area contributed by atoms with Crippen molar-refractivity contribution in [1.82, 2.24) is 4.90 Å². The van der Waals surface area contributed by atoms with Gasteiger partial charge in [0.2, 0.25) is 4.92 Å². The summed E-state index contributed by atoms with van der Waals surface area (Å²) in [5, 5.41) is 10.8. The molecule has 0 saturated heterocycles.